The van der Waals surface area contributed by atoms with Crippen molar-refractivity contribution in [3.8, 4) is 22.9 Å². The molecule has 10 heteroatoms. The number of alkyl halides is 3. The van der Waals surface area contributed by atoms with Crippen LogP contribution >= 0.6 is 0 Å². The molecule has 0 radical (unpaired) electrons. The van der Waals surface area contributed by atoms with Gasteiger partial charge in [-0.05, 0) is 62.7 Å². The minimum Gasteiger partial charge on any atom is -0.462 e. The number of likely N-dealkylation sites (tertiary alicyclic amines) is 1. The third-order valence-electron chi connectivity index (χ3n) is 6.06. The molecule has 5 rings (SSSR count). The Hall–Kier alpha value is -3.40. The van der Waals surface area contributed by atoms with E-state index < -0.39 is 6.36 Å². The molecule has 1 saturated heterocycles. The highest BCUT2D eigenvalue weighted by Crippen LogP contribution is 2.41. The summed E-state index contributed by atoms with van der Waals surface area (Å²) in [6.45, 7) is 3.31. The minimum absolute atomic E-state index is 0.191. The van der Waals surface area contributed by atoms with Crippen molar-refractivity contribution in [3.05, 3.63) is 42.2 Å². The lowest BCUT2D eigenvalue weighted by molar-refractivity contribution is -0.274. The number of ether oxygens (including phenoxy) is 2. The number of aryl methyl sites for hydroxylation is 1. The zero-order chi connectivity index (χ0) is 23.2. The van der Waals surface area contributed by atoms with Crippen LogP contribution in [0.4, 0.5) is 13.2 Å². The van der Waals surface area contributed by atoms with Crippen LogP contribution in [-0.2, 0) is 0 Å². The van der Waals surface area contributed by atoms with E-state index in [9.17, 15) is 13.2 Å². The Morgan fingerprint density at radius 3 is 2.82 bits per heavy atom. The number of fused-ring (bicyclic) bond motifs is 2. The molecule has 0 aliphatic carbocycles. The first-order chi connectivity index (χ1) is 15.8. The first-order valence-corrected chi connectivity index (χ1v) is 10.6. The summed E-state index contributed by atoms with van der Waals surface area (Å²) in [5, 5.41) is 8.00. The maximum absolute atomic E-state index is 13.2. The Bertz CT molecular complexity index is 1320. The lowest BCUT2D eigenvalue weighted by Crippen LogP contribution is -2.30. The minimum atomic E-state index is -4.85. The van der Waals surface area contributed by atoms with Crippen LogP contribution in [0.2, 0.25) is 0 Å². The van der Waals surface area contributed by atoms with Crippen molar-refractivity contribution in [3.63, 3.8) is 0 Å². The predicted molar refractivity (Wildman–Crippen MR) is 117 cm³/mol. The van der Waals surface area contributed by atoms with Gasteiger partial charge in [-0.15, -0.1) is 13.2 Å². The molecule has 4 aromatic rings. The second kappa shape index (κ2) is 8.18. The molecular weight excluding hydrogens is 435 g/mol. The normalized spacial score (nSPS) is 17.2. The van der Waals surface area contributed by atoms with Gasteiger partial charge in [0.25, 0.3) is 0 Å². The van der Waals surface area contributed by atoms with E-state index in [2.05, 4.69) is 36.8 Å². The van der Waals surface area contributed by atoms with Gasteiger partial charge >= 0.3 is 12.4 Å². The van der Waals surface area contributed by atoms with Gasteiger partial charge in [-0.2, -0.15) is 10.1 Å². The highest BCUT2D eigenvalue weighted by Gasteiger charge is 2.33. The molecular formula is C23H22F3N5O2. The van der Waals surface area contributed by atoms with Crippen molar-refractivity contribution < 1.29 is 22.6 Å². The second-order valence-electron chi connectivity index (χ2n) is 8.28. The van der Waals surface area contributed by atoms with Crippen LogP contribution in [-0.4, -0.2) is 57.7 Å². The van der Waals surface area contributed by atoms with Gasteiger partial charge in [0.1, 0.15) is 12.4 Å². The molecule has 2 aromatic carbocycles. The van der Waals surface area contributed by atoms with Crippen LogP contribution in [0.3, 0.4) is 0 Å². The number of halogens is 3. The molecule has 33 heavy (non-hydrogen) atoms. The topological polar surface area (TPSA) is 76.2 Å². The van der Waals surface area contributed by atoms with Crippen LogP contribution in [0, 0.1) is 6.92 Å². The smallest absolute Gasteiger partial charge is 0.462 e. The number of hydrogen-bond donors (Lipinski definition) is 1. The lowest BCUT2D eigenvalue weighted by Gasteiger charge is -2.19. The summed E-state index contributed by atoms with van der Waals surface area (Å²) in [7, 11) is 2.05. The Morgan fingerprint density at radius 2 is 2.06 bits per heavy atom. The number of benzene rings is 2. The molecule has 2 aromatic heterocycles. The van der Waals surface area contributed by atoms with Crippen LogP contribution in [0.15, 0.2) is 36.7 Å². The average Bonchev–Trinajstić information content (AvgIpc) is 3.39. The highest BCUT2D eigenvalue weighted by molar-refractivity contribution is 6.00. The maximum atomic E-state index is 13.2. The molecule has 1 aliphatic heterocycles. The average molecular weight is 457 g/mol. The van der Waals surface area contributed by atoms with Gasteiger partial charge in [0, 0.05) is 28.6 Å². The zero-order valence-electron chi connectivity index (χ0n) is 18.1. The summed E-state index contributed by atoms with van der Waals surface area (Å²) in [4.78, 5) is 10.9. The Balaban J connectivity index is 1.60. The van der Waals surface area contributed by atoms with E-state index in [1.807, 2.05) is 19.1 Å². The Morgan fingerprint density at radius 1 is 1.21 bits per heavy atom. The van der Waals surface area contributed by atoms with Gasteiger partial charge in [0.15, 0.2) is 0 Å². The molecule has 1 atom stereocenters. The number of nitrogens with one attached hydrogen (secondary N) is 1. The maximum Gasteiger partial charge on any atom is 0.573 e. The first-order valence-electron chi connectivity index (χ1n) is 10.6. The summed E-state index contributed by atoms with van der Waals surface area (Å²) in [5.41, 5.74) is 2.82. The van der Waals surface area contributed by atoms with Crippen LogP contribution < -0.4 is 9.47 Å². The van der Waals surface area contributed by atoms with Crippen LogP contribution in [0.5, 0.6) is 11.8 Å². The van der Waals surface area contributed by atoms with E-state index in [-0.39, 0.29) is 17.3 Å². The molecule has 0 spiro atoms. The van der Waals surface area contributed by atoms with E-state index in [0.29, 0.717) is 40.0 Å². The summed E-state index contributed by atoms with van der Waals surface area (Å²) in [5.74, 6) is -0.323. The van der Waals surface area contributed by atoms with Crippen molar-refractivity contribution in [2.75, 3.05) is 20.2 Å². The standard InChI is InChI=1S/C23H22F3N5O2/c1-13-5-6-18-17(11-28-30-18)21(13)16-9-19-14(8-20(16)33-23(24,25)26)10-27-22(29-19)32-12-15-4-3-7-31(15)2/h5-6,8-11,15H,3-4,7,12H2,1-2H3,(H,28,30)/t15-/m0/s1. The van der Waals surface area contributed by atoms with E-state index in [0.717, 1.165) is 24.9 Å². The van der Waals surface area contributed by atoms with E-state index in [1.165, 1.54) is 12.3 Å². The van der Waals surface area contributed by atoms with Crippen LogP contribution in [0.1, 0.15) is 18.4 Å². The summed E-state index contributed by atoms with van der Waals surface area (Å²) in [6.07, 6.45) is 0.353. The molecule has 3 heterocycles. The zero-order valence-corrected chi connectivity index (χ0v) is 18.1. The van der Waals surface area contributed by atoms with Gasteiger partial charge in [0.05, 0.1) is 17.2 Å². The van der Waals surface area contributed by atoms with E-state index in [4.69, 9.17) is 4.74 Å². The highest BCUT2D eigenvalue weighted by atomic mass is 19.4. The van der Waals surface area contributed by atoms with Crippen molar-refractivity contribution in [2.24, 2.45) is 0 Å². The van der Waals surface area contributed by atoms with Crippen LogP contribution in [0.25, 0.3) is 32.9 Å². The van der Waals surface area contributed by atoms with Gasteiger partial charge < -0.3 is 14.4 Å². The number of rotatable bonds is 5. The molecule has 7 nitrogen and oxygen atoms in total. The molecule has 0 unspecified atom stereocenters. The number of aromatic amines is 1. The Kier molecular flexibility index (Phi) is 5.32. The fraction of sp³-hybridized carbons (Fsp3) is 0.348. The van der Waals surface area contributed by atoms with Gasteiger partial charge in [-0.25, -0.2) is 4.98 Å². The molecule has 1 fully saturated rings. The molecule has 0 bridgehead atoms. The number of H-pyrrole nitrogens is 1. The number of hydrogen-bond acceptors (Lipinski definition) is 6. The third-order valence-corrected chi connectivity index (χ3v) is 6.06. The Labute approximate surface area is 187 Å². The SMILES string of the molecule is Cc1ccc2[nH]ncc2c1-c1cc2nc(OC[C@@H]3CCCN3C)ncc2cc1OC(F)(F)F. The second-order valence-corrected chi connectivity index (χ2v) is 8.28. The van der Waals surface area contributed by atoms with Crippen molar-refractivity contribution in [1.29, 1.82) is 0 Å². The quantitative estimate of drug-likeness (QED) is 0.462. The third kappa shape index (κ3) is 4.30. The monoisotopic (exact) mass is 457 g/mol. The summed E-state index contributed by atoms with van der Waals surface area (Å²) < 4.78 is 49.9. The summed E-state index contributed by atoms with van der Waals surface area (Å²) in [6, 6.07) is 7.04. The van der Waals surface area contributed by atoms with Crippen molar-refractivity contribution in [2.45, 2.75) is 32.2 Å². The van der Waals surface area contributed by atoms with E-state index in [1.54, 1.807) is 12.3 Å². The molecule has 172 valence electrons. The predicted octanol–water partition coefficient (Wildman–Crippen LogP) is 4.85. The fourth-order valence-corrected chi connectivity index (χ4v) is 4.36. The molecule has 1 N–H and O–H groups in total. The summed E-state index contributed by atoms with van der Waals surface area (Å²) >= 11 is 0. The number of aromatic nitrogens is 4. The van der Waals surface area contributed by atoms with Gasteiger partial charge in [0.2, 0.25) is 0 Å². The van der Waals surface area contributed by atoms with E-state index >= 15 is 0 Å². The molecule has 1 aliphatic rings. The fourth-order valence-electron chi connectivity index (χ4n) is 4.36. The number of nitrogens with zero attached hydrogens (tertiary/aromatic N) is 4. The van der Waals surface area contributed by atoms with Gasteiger partial charge in [-0.1, -0.05) is 6.07 Å². The lowest BCUT2D eigenvalue weighted by atomic mass is 9.95. The molecule has 0 amide bonds. The molecule has 0 saturated carbocycles. The first kappa shape index (κ1) is 21.4. The number of likely N-dealkylation sites (N-methyl/N-ethyl adjacent to an activating group) is 1. The van der Waals surface area contributed by atoms with Crippen molar-refractivity contribution >= 4 is 21.8 Å². The largest absolute Gasteiger partial charge is 0.573 e. The van der Waals surface area contributed by atoms with Crippen molar-refractivity contribution in [1.82, 2.24) is 25.1 Å². The van der Waals surface area contributed by atoms with Gasteiger partial charge in [-0.3, -0.25) is 5.10 Å².